The van der Waals surface area contributed by atoms with E-state index in [0.717, 1.165) is 6.54 Å². The quantitative estimate of drug-likeness (QED) is 0.777. The first-order valence-electron chi connectivity index (χ1n) is 7.02. The van der Waals surface area contributed by atoms with Gasteiger partial charge in [-0.25, -0.2) is 10.0 Å². The number of hydrazine groups is 1. The summed E-state index contributed by atoms with van der Waals surface area (Å²) in [6, 6.07) is 9.23. The van der Waals surface area contributed by atoms with Gasteiger partial charge in [-0.05, 0) is 12.0 Å². The summed E-state index contributed by atoms with van der Waals surface area (Å²) in [7, 11) is 6.57. The van der Waals surface area contributed by atoms with Crippen LogP contribution >= 0.6 is 0 Å². The van der Waals surface area contributed by atoms with E-state index >= 15 is 0 Å². The summed E-state index contributed by atoms with van der Waals surface area (Å²) >= 11 is 0. The van der Waals surface area contributed by atoms with Crippen molar-refractivity contribution in [3.63, 3.8) is 0 Å². The Bertz CT molecular complexity index is 612. The minimum atomic E-state index is 0.458. The van der Waals surface area contributed by atoms with Crippen molar-refractivity contribution < 1.29 is 0 Å². The van der Waals surface area contributed by atoms with Crippen LogP contribution in [-0.2, 0) is 13.6 Å². The Balaban J connectivity index is 2.32. The van der Waals surface area contributed by atoms with Crippen LogP contribution in [0.15, 0.2) is 24.3 Å². The van der Waals surface area contributed by atoms with Crippen LogP contribution in [0.1, 0.15) is 31.1 Å². The fourth-order valence-corrected chi connectivity index (χ4v) is 3.49. The van der Waals surface area contributed by atoms with Gasteiger partial charge in [0.2, 0.25) is 0 Å². The number of fused-ring (bicyclic) bond motifs is 3. The highest BCUT2D eigenvalue weighted by molar-refractivity contribution is 5.86. The van der Waals surface area contributed by atoms with E-state index in [4.69, 9.17) is 0 Å². The third-order valence-electron chi connectivity index (χ3n) is 4.52. The summed E-state index contributed by atoms with van der Waals surface area (Å²) < 4.78 is 2.36. The third-order valence-corrected chi connectivity index (χ3v) is 4.52. The van der Waals surface area contributed by atoms with Crippen molar-refractivity contribution in [2.75, 3.05) is 14.1 Å². The zero-order chi connectivity index (χ0) is 13.7. The lowest BCUT2D eigenvalue weighted by Gasteiger charge is -2.42. The first kappa shape index (κ1) is 12.7. The molecule has 0 amide bonds. The normalized spacial score (nSPS) is 21.3. The van der Waals surface area contributed by atoms with Crippen LogP contribution in [0.25, 0.3) is 10.9 Å². The molecule has 0 fully saturated rings. The molecule has 102 valence electrons. The molecule has 0 spiro atoms. The van der Waals surface area contributed by atoms with E-state index in [-0.39, 0.29) is 0 Å². The molecule has 3 heteroatoms. The van der Waals surface area contributed by atoms with Crippen LogP contribution < -0.4 is 0 Å². The minimum absolute atomic E-state index is 0.458. The molecule has 2 aromatic rings. The van der Waals surface area contributed by atoms with Gasteiger partial charge in [0.1, 0.15) is 0 Å². The Hall–Kier alpha value is -1.32. The van der Waals surface area contributed by atoms with Crippen molar-refractivity contribution in [1.82, 2.24) is 14.6 Å². The number of aryl methyl sites for hydroxylation is 1. The second-order valence-corrected chi connectivity index (χ2v) is 6.01. The van der Waals surface area contributed by atoms with Gasteiger partial charge in [-0.3, -0.25) is 0 Å². The van der Waals surface area contributed by atoms with Gasteiger partial charge in [0.15, 0.2) is 0 Å². The molecular weight excluding hydrogens is 234 g/mol. The van der Waals surface area contributed by atoms with Gasteiger partial charge >= 0.3 is 0 Å². The summed E-state index contributed by atoms with van der Waals surface area (Å²) in [4.78, 5) is 0. The predicted octanol–water partition coefficient (Wildman–Crippen LogP) is 3.17. The van der Waals surface area contributed by atoms with Crippen LogP contribution in [0.2, 0.25) is 0 Å². The van der Waals surface area contributed by atoms with Gasteiger partial charge in [-0.2, -0.15) is 0 Å². The van der Waals surface area contributed by atoms with E-state index in [9.17, 15) is 0 Å². The molecule has 0 N–H and O–H groups in total. The fraction of sp³-hybridized carbons (Fsp3) is 0.500. The van der Waals surface area contributed by atoms with Crippen LogP contribution in [-0.4, -0.2) is 28.7 Å². The Labute approximate surface area is 115 Å². The molecular formula is C16H23N3. The lowest BCUT2D eigenvalue weighted by atomic mass is 9.91. The molecule has 0 aliphatic carbocycles. The van der Waals surface area contributed by atoms with Crippen molar-refractivity contribution in [3.05, 3.63) is 35.5 Å². The predicted molar refractivity (Wildman–Crippen MR) is 79.7 cm³/mol. The number of aromatic nitrogens is 1. The van der Waals surface area contributed by atoms with Crippen LogP contribution in [0.4, 0.5) is 0 Å². The van der Waals surface area contributed by atoms with Crippen molar-refractivity contribution in [2.45, 2.75) is 26.4 Å². The summed E-state index contributed by atoms with van der Waals surface area (Å²) in [6.45, 7) is 5.61. The number of hydrogen-bond donors (Lipinski definition) is 0. The third kappa shape index (κ3) is 1.72. The number of rotatable bonds is 1. The summed E-state index contributed by atoms with van der Waals surface area (Å²) in [6.07, 6.45) is 0. The molecule has 0 bridgehead atoms. The summed E-state index contributed by atoms with van der Waals surface area (Å²) in [5.41, 5.74) is 4.33. The highest BCUT2D eigenvalue weighted by atomic mass is 15.6. The Morgan fingerprint density at radius 3 is 2.47 bits per heavy atom. The van der Waals surface area contributed by atoms with E-state index in [1.807, 2.05) is 0 Å². The highest BCUT2D eigenvalue weighted by Gasteiger charge is 2.34. The van der Waals surface area contributed by atoms with Crippen LogP contribution in [0, 0.1) is 5.92 Å². The van der Waals surface area contributed by atoms with Crippen molar-refractivity contribution in [1.29, 1.82) is 0 Å². The van der Waals surface area contributed by atoms with Crippen molar-refractivity contribution >= 4 is 10.9 Å². The van der Waals surface area contributed by atoms with E-state index in [1.54, 1.807) is 0 Å². The highest BCUT2D eigenvalue weighted by Crippen LogP contribution is 2.41. The van der Waals surface area contributed by atoms with E-state index in [1.165, 1.54) is 22.2 Å². The maximum atomic E-state index is 2.39. The molecule has 2 heterocycles. The molecule has 1 aliphatic heterocycles. The summed E-state index contributed by atoms with van der Waals surface area (Å²) in [5.74, 6) is 0.595. The Kier molecular flexibility index (Phi) is 2.91. The van der Waals surface area contributed by atoms with E-state index < -0.39 is 0 Å². The molecule has 1 aromatic carbocycles. The second kappa shape index (κ2) is 4.36. The number of hydrogen-bond acceptors (Lipinski definition) is 2. The monoisotopic (exact) mass is 257 g/mol. The first-order chi connectivity index (χ1) is 9.02. The van der Waals surface area contributed by atoms with Gasteiger partial charge < -0.3 is 4.57 Å². The number of nitrogens with zero attached hydrogens (tertiary/aromatic N) is 3. The molecule has 1 unspecified atom stereocenters. The summed E-state index contributed by atoms with van der Waals surface area (Å²) in [5, 5.41) is 6.13. The van der Waals surface area contributed by atoms with Gasteiger partial charge in [0, 0.05) is 43.3 Å². The Morgan fingerprint density at radius 2 is 1.79 bits per heavy atom. The van der Waals surface area contributed by atoms with Gasteiger partial charge in [0.05, 0.1) is 12.6 Å². The Morgan fingerprint density at radius 1 is 1.11 bits per heavy atom. The molecule has 1 aliphatic rings. The van der Waals surface area contributed by atoms with Crippen LogP contribution in [0.5, 0.6) is 0 Å². The largest absolute Gasteiger partial charge is 0.346 e. The molecule has 0 radical (unpaired) electrons. The second-order valence-electron chi connectivity index (χ2n) is 6.01. The molecule has 19 heavy (non-hydrogen) atoms. The minimum Gasteiger partial charge on any atom is -0.346 e. The lowest BCUT2D eigenvalue weighted by molar-refractivity contribution is -0.0536. The average Bonchev–Trinajstić information content (AvgIpc) is 2.65. The molecule has 1 atom stereocenters. The maximum Gasteiger partial charge on any atom is 0.0539 e. The molecule has 3 nitrogen and oxygen atoms in total. The number of para-hydroxylation sites is 1. The topological polar surface area (TPSA) is 11.4 Å². The SMILES string of the molecule is CC(C)C1c2c(n(C)c3ccccc23)CN(C)N1C. The zero-order valence-corrected chi connectivity index (χ0v) is 12.5. The standard InChI is InChI=1S/C16H23N3/c1-11(2)16-15-12-8-6-7-9-13(12)18(4)14(15)10-17(3)19(16)5/h6-9,11,16H,10H2,1-5H3. The van der Waals surface area contributed by atoms with Crippen molar-refractivity contribution in [3.8, 4) is 0 Å². The number of benzene rings is 1. The van der Waals surface area contributed by atoms with Gasteiger partial charge in [-0.15, -0.1) is 0 Å². The van der Waals surface area contributed by atoms with Gasteiger partial charge in [0.25, 0.3) is 0 Å². The average molecular weight is 257 g/mol. The molecule has 0 saturated carbocycles. The van der Waals surface area contributed by atoms with E-state index in [0.29, 0.717) is 12.0 Å². The molecule has 1 aromatic heterocycles. The molecule has 3 rings (SSSR count). The fourth-order valence-electron chi connectivity index (χ4n) is 3.49. The van der Waals surface area contributed by atoms with E-state index in [2.05, 4.69) is 73.8 Å². The zero-order valence-electron chi connectivity index (χ0n) is 12.5. The maximum absolute atomic E-state index is 2.39. The van der Waals surface area contributed by atoms with Gasteiger partial charge in [-0.1, -0.05) is 32.0 Å². The first-order valence-corrected chi connectivity index (χ1v) is 7.02. The lowest BCUT2D eigenvalue weighted by Crippen LogP contribution is -2.45. The smallest absolute Gasteiger partial charge is 0.0539 e. The molecule has 0 saturated heterocycles. The van der Waals surface area contributed by atoms with Crippen LogP contribution in [0.3, 0.4) is 0 Å². The van der Waals surface area contributed by atoms with Crippen molar-refractivity contribution in [2.24, 2.45) is 13.0 Å².